The molecule has 0 radical (unpaired) electrons. The number of carbonyl (C=O) groups excluding carboxylic acids is 2. The Labute approximate surface area is 199 Å². The highest BCUT2D eigenvalue weighted by molar-refractivity contribution is 5.67. The van der Waals surface area contributed by atoms with E-state index in [1.807, 2.05) is 12.1 Å². The van der Waals surface area contributed by atoms with Gasteiger partial charge in [-0.1, -0.05) is 42.4 Å². The molecule has 8 nitrogen and oxygen atoms in total. The van der Waals surface area contributed by atoms with Gasteiger partial charge in [0.2, 0.25) is 0 Å². The lowest BCUT2D eigenvalue weighted by molar-refractivity contribution is -0.384. The van der Waals surface area contributed by atoms with E-state index in [0.29, 0.717) is 13.0 Å². The molecular weight excluding hydrogens is 438 g/mol. The Bertz CT molecular complexity index is 1080. The van der Waals surface area contributed by atoms with Gasteiger partial charge < -0.3 is 14.2 Å². The van der Waals surface area contributed by atoms with Crippen LogP contribution in [0.3, 0.4) is 0 Å². The lowest BCUT2D eigenvalue weighted by atomic mass is 9.35. The van der Waals surface area contributed by atoms with Crippen LogP contribution < -0.4 is 0 Å². The number of hydrogen-bond donors (Lipinski definition) is 0. The average Bonchev–Trinajstić information content (AvgIpc) is 3.16. The molecule has 1 saturated heterocycles. The van der Waals surface area contributed by atoms with E-state index in [2.05, 4.69) is 32.9 Å². The maximum absolute atomic E-state index is 11.8. The number of benzene rings is 1. The third-order valence-corrected chi connectivity index (χ3v) is 7.61. The second kappa shape index (κ2) is 8.65. The summed E-state index contributed by atoms with van der Waals surface area (Å²) in [5, 5.41) is 11.2. The zero-order valence-corrected chi connectivity index (χ0v) is 20.2. The number of rotatable bonds is 6. The molecule has 2 aliphatic carbocycles. The Morgan fingerprint density at radius 1 is 1.18 bits per heavy atom. The van der Waals surface area contributed by atoms with E-state index in [1.165, 1.54) is 25.0 Å². The summed E-state index contributed by atoms with van der Waals surface area (Å²) in [7, 11) is 0. The largest absolute Gasteiger partial charge is 0.462 e. The summed E-state index contributed by atoms with van der Waals surface area (Å²) in [5.74, 6) is -0.641. The first-order valence-electron chi connectivity index (χ1n) is 11.5. The number of ether oxygens (including phenoxy) is 3. The third-order valence-electron chi connectivity index (χ3n) is 7.61. The van der Waals surface area contributed by atoms with E-state index in [4.69, 9.17) is 14.2 Å². The van der Waals surface area contributed by atoms with E-state index in [-0.39, 0.29) is 35.0 Å². The normalized spacial score (nSPS) is 32.7. The fraction of sp³-hybridized carbons (Fsp3) is 0.538. The maximum atomic E-state index is 11.8. The van der Waals surface area contributed by atoms with Crippen LogP contribution in [-0.4, -0.2) is 42.3 Å². The molecule has 1 spiro atoms. The summed E-state index contributed by atoms with van der Waals surface area (Å²) in [6.07, 6.45) is 4.00. The van der Waals surface area contributed by atoms with E-state index >= 15 is 0 Å². The third kappa shape index (κ3) is 3.94. The molecule has 0 aromatic heterocycles. The molecule has 8 heteroatoms. The molecule has 1 aromatic carbocycles. The first kappa shape index (κ1) is 24.1. The summed E-state index contributed by atoms with van der Waals surface area (Å²) >= 11 is 0. The lowest BCUT2D eigenvalue weighted by Crippen LogP contribution is -2.63. The molecular formula is C26H31NO7. The van der Waals surface area contributed by atoms with Gasteiger partial charge in [0, 0.05) is 42.7 Å². The van der Waals surface area contributed by atoms with Crippen LogP contribution in [0.2, 0.25) is 0 Å². The highest BCUT2D eigenvalue weighted by Crippen LogP contribution is 2.75. The molecule has 0 N–H and O–H groups in total. The van der Waals surface area contributed by atoms with E-state index < -0.39 is 29.1 Å². The Balaban J connectivity index is 1.70. The van der Waals surface area contributed by atoms with Crippen LogP contribution in [0, 0.1) is 26.9 Å². The van der Waals surface area contributed by atoms with Gasteiger partial charge in [0.05, 0.1) is 17.6 Å². The molecule has 34 heavy (non-hydrogen) atoms. The number of fused-ring (bicyclic) bond motifs is 2. The van der Waals surface area contributed by atoms with Crippen LogP contribution in [0.15, 0.2) is 47.6 Å². The Kier molecular flexibility index (Phi) is 6.14. The minimum Gasteiger partial charge on any atom is -0.462 e. The first-order chi connectivity index (χ1) is 16.0. The zero-order chi connectivity index (χ0) is 24.8. The first-order valence-corrected chi connectivity index (χ1v) is 11.5. The molecule has 3 aliphatic rings. The summed E-state index contributed by atoms with van der Waals surface area (Å²) in [6, 6.07) is 6.80. The van der Waals surface area contributed by atoms with Gasteiger partial charge >= 0.3 is 11.9 Å². The quantitative estimate of drug-likeness (QED) is 0.343. The number of nitrogens with zero attached hydrogens (tertiary/aromatic N) is 1. The molecule has 1 aromatic rings. The van der Waals surface area contributed by atoms with Crippen molar-refractivity contribution in [1.29, 1.82) is 0 Å². The number of esters is 2. The number of nitro groups is 1. The van der Waals surface area contributed by atoms with Crippen LogP contribution in [0.1, 0.15) is 52.5 Å². The predicted octanol–water partition coefficient (Wildman–Crippen LogP) is 4.49. The van der Waals surface area contributed by atoms with Crippen molar-refractivity contribution in [2.75, 3.05) is 13.2 Å². The Hall–Kier alpha value is -3.00. The number of allylic oxidation sites excluding steroid dienone is 4. The molecule has 0 unspecified atom stereocenters. The molecule has 182 valence electrons. The maximum Gasteiger partial charge on any atom is 0.303 e. The number of non-ortho nitro benzene ring substituents is 1. The molecule has 1 heterocycles. The average molecular weight is 470 g/mol. The Morgan fingerprint density at radius 2 is 1.85 bits per heavy atom. The Morgan fingerprint density at radius 3 is 2.44 bits per heavy atom. The molecule has 1 saturated carbocycles. The van der Waals surface area contributed by atoms with E-state index in [0.717, 1.165) is 5.56 Å². The summed E-state index contributed by atoms with van der Waals surface area (Å²) < 4.78 is 16.9. The van der Waals surface area contributed by atoms with Crippen molar-refractivity contribution in [2.45, 2.75) is 59.2 Å². The number of carbonyl (C=O) groups is 2. The smallest absolute Gasteiger partial charge is 0.303 e. The number of hydrogen-bond acceptors (Lipinski definition) is 7. The van der Waals surface area contributed by atoms with Gasteiger partial charge in [0.15, 0.2) is 6.10 Å². The van der Waals surface area contributed by atoms with Gasteiger partial charge in [-0.25, -0.2) is 0 Å². The van der Waals surface area contributed by atoms with Gasteiger partial charge in [-0.05, 0) is 31.7 Å². The molecule has 2 fully saturated rings. The summed E-state index contributed by atoms with van der Waals surface area (Å²) in [4.78, 5) is 34.0. The van der Waals surface area contributed by atoms with Crippen molar-refractivity contribution in [3.8, 4) is 0 Å². The van der Waals surface area contributed by atoms with E-state index in [1.54, 1.807) is 12.1 Å². The van der Waals surface area contributed by atoms with Crippen LogP contribution in [0.4, 0.5) is 5.69 Å². The molecule has 1 aliphatic heterocycles. The molecule has 0 amide bonds. The molecule has 0 bridgehead atoms. The van der Waals surface area contributed by atoms with Gasteiger partial charge in [0.1, 0.15) is 6.61 Å². The van der Waals surface area contributed by atoms with Crippen molar-refractivity contribution >= 4 is 17.6 Å². The monoisotopic (exact) mass is 469 g/mol. The lowest BCUT2D eigenvalue weighted by Gasteiger charge is -2.67. The van der Waals surface area contributed by atoms with E-state index in [9.17, 15) is 19.7 Å². The van der Waals surface area contributed by atoms with Crippen LogP contribution in [0.25, 0.3) is 0 Å². The zero-order valence-electron chi connectivity index (χ0n) is 20.2. The minimum atomic E-state index is -0.699. The fourth-order valence-corrected chi connectivity index (χ4v) is 7.07. The highest BCUT2D eigenvalue weighted by Gasteiger charge is 2.71. The fourth-order valence-electron chi connectivity index (χ4n) is 7.07. The SMILES string of the molecule is CC(=O)OC[C@H](OC(C)=O)[C@H]1C[C@@]2(CO1)[C@H](c1ccc([N+](=O)[O-])cc1)[C@]1(C)C=C(C)C=C(C)[C@@H]12. The van der Waals surface area contributed by atoms with Gasteiger partial charge in [-0.3, -0.25) is 19.7 Å². The minimum absolute atomic E-state index is 0.0566. The second-order valence-corrected chi connectivity index (χ2v) is 10.1. The summed E-state index contributed by atoms with van der Waals surface area (Å²) in [5.41, 5.74) is 3.10. The standard InChI is InChI=1S/C26H31NO7/c1-15-10-16(2)23-25(5,11-15)24(19-6-8-20(9-7-19)27(30)31)26(23)12-21(33-14-26)22(34-18(4)29)13-32-17(3)28/h6-11,21-24H,12-14H2,1-5H3/t21-,22+,23+,24-,25-,26+/m1/s1. The molecule has 4 rings (SSSR count). The van der Waals surface area contributed by atoms with Crippen LogP contribution in [-0.2, 0) is 23.8 Å². The van der Waals surface area contributed by atoms with Gasteiger partial charge in [-0.15, -0.1) is 0 Å². The predicted molar refractivity (Wildman–Crippen MR) is 124 cm³/mol. The van der Waals surface area contributed by atoms with Crippen LogP contribution >= 0.6 is 0 Å². The van der Waals surface area contributed by atoms with Crippen molar-refractivity contribution in [3.05, 3.63) is 63.2 Å². The molecule has 6 atom stereocenters. The van der Waals surface area contributed by atoms with Crippen molar-refractivity contribution in [2.24, 2.45) is 16.7 Å². The van der Waals surface area contributed by atoms with Crippen LogP contribution in [0.5, 0.6) is 0 Å². The van der Waals surface area contributed by atoms with Gasteiger partial charge in [-0.2, -0.15) is 0 Å². The topological polar surface area (TPSA) is 105 Å². The summed E-state index contributed by atoms with van der Waals surface area (Å²) in [6.45, 7) is 9.51. The van der Waals surface area contributed by atoms with Gasteiger partial charge in [0.25, 0.3) is 5.69 Å². The van der Waals surface area contributed by atoms with Crippen molar-refractivity contribution in [3.63, 3.8) is 0 Å². The van der Waals surface area contributed by atoms with Crippen molar-refractivity contribution in [1.82, 2.24) is 0 Å². The highest BCUT2D eigenvalue weighted by atomic mass is 16.6. The number of nitro benzene ring substituents is 1. The second-order valence-electron chi connectivity index (χ2n) is 10.1. The van der Waals surface area contributed by atoms with Crippen molar-refractivity contribution < 1.29 is 28.7 Å².